The van der Waals surface area contributed by atoms with Gasteiger partial charge in [-0.05, 0) is 70.4 Å². The third-order valence-corrected chi connectivity index (χ3v) is 16.1. The maximum Gasteiger partial charge on any atom is 0.431 e. The Balaban J connectivity index is 1.36. The van der Waals surface area contributed by atoms with Gasteiger partial charge in [0.1, 0.15) is 35.0 Å². The average molecular weight is 1200 g/mol. The van der Waals surface area contributed by atoms with E-state index in [0.717, 1.165) is 10.6 Å². The monoisotopic (exact) mass is 1200 g/mol. The molecule has 1 aromatic carbocycles. The number of likely N-dealkylation sites (N-methyl/N-ethyl adjacent to an activating group) is 2. The quantitative estimate of drug-likeness (QED) is 0.0398. The summed E-state index contributed by atoms with van der Waals surface area (Å²) in [6.07, 6.45) is -3.36. The van der Waals surface area contributed by atoms with Gasteiger partial charge in [0.25, 0.3) is 0 Å². The number of hydroxylamine groups is 1. The lowest BCUT2D eigenvalue weighted by molar-refractivity contribution is -0.148. The number of methoxy groups -OCH3 is 2. The minimum absolute atomic E-state index is 0.0694. The molecular weight excluding hydrogens is 1110 g/mol. The molecule has 1 saturated heterocycles. The topological polar surface area (TPSA) is 322 Å². The highest BCUT2D eigenvalue weighted by Gasteiger charge is 2.44. The zero-order chi connectivity index (χ0) is 62.6. The van der Waals surface area contributed by atoms with E-state index in [1.165, 1.54) is 34.2 Å². The molecule has 26 heteroatoms. The second-order valence-electron chi connectivity index (χ2n) is 23.6. The number of benzene rings is 1. The predicted molar refractivity (Wildman–Crippen MR) is 313 cm³/mol. The molecule has 2 aromatic heterocycles. The van der Waals surface area contributed by atoms with Crippen LogP contribution < -0.4 is 21.4 Å². The number of rotatable bonds is 34. The van der Waals surface area contributed by atoms with Crippen molar-refractivity contribution in [1.29, 1.82) is 0 Å². The Labute approximate surface area is 498 Å². The van der Waals surface area contributed by atoms with Crippen LogP contribution in [0.5, 0.6) is 0 Å². The molecule has 1 aliphatic rings. The summed E-state index contributed by atoms with van der Waals surface area (Å²) in [6, 6.07) is 6.54. The maximum absolute atomic E-state index is 14.8. The first-order valence-corrected chi connectivity index (χ1v) is 29.8. The van der Waals surface area contributed by atoms with Crippen LogP contribution in [0.25, 0.3) is 0 Å². The Morgan fingerprint density at radius 3 is 2.17 bits per heavy atom. The van der Waals surface area contributed by atoms with Crippen LogP contribution >= 0.6 is 11.3 Å². The number of likely N-dealkylation sites (tertiary alicyclic amines) is 1. The normalized spacial score (nSPS) is 18.2. The van der Waals surface area contributed by atoms with Crippen molar-refractivity contribution >= 4 is 47.0 Å². The van der Waals surface area contributed by atoms with E-state index in [-0.39, 0.29) is 62.2 Å². The van der Waals surface area contributed by atoms with Crippen LogP contribution in [0.1, 0.15) is 117 Å². The first-order chi connectivity index (χ1) is 39.6. The largest absolute Gasteiger partial charge is 0.442 e. The van der Waals surface area contributed by atoms with Gasteiger partial charge in [-0.3, -0.25) is 33.7 Å². The molecule has 25 nitrogen and oxygen atoms in total. The number of carbonyl (C=O) groups excluding carboxylic acids is 6. The average Bonchev–Trinajstić information content (AvgIpc) is 4.37. The molecule has 0 radical (unpaired) electrons. The number of aliphatic hydroxyl groups excluding tert-OH is 4. The summed E-state index contributed by atoms with van der Waals surface area (Å²) < 4.78 is 18.4. The Bertz CT molecular complexity index is 2500. The Hall–Kier alpha value is -5.71. The second kappa shape index (κ2) is 33.8. The van der Waals surface area contributed by atoms with Crippen LogP contribution in [0, 0.1) is 23.7 Å². The van der Waals surface area contributed by atoms with Gasteiger partial charge in [-0.2, -0.15) is 5.48 Å². The minimum atomic E-state index is -1.87. The fourth-order valence-electron chi connectivity index (χ4n) is 10.7. The summed E-state index contributed by atoms with van der Waals surface area (Å²) in [6.45, 7) is 17.5. The third-order valence-electron chi connectivity index (χ3n) is 15.2. The van der Waals surface area contributed by atoms with Crippen molar-refractivity contribution in [2.75, 3.05) is 54.6 Å². The Kier molecular flexibility index (Phi) is 28.5. The van der Waals surface area contributed by atoms with E-state index in [9.17, 15) is 49.2 Å². The van der Waals surface area contributed by atoms with Crippen molar-refractivity contribution in [3.05, 3.63) is 64.4 Å². The predicted octanol–water partition coefficient (Wildman–Crippen LogP) is 2.41. The van der Waals surface area contributed by atoms with Gasteiger partial charge in [-0.15, -0.1) is 16.4 Å². The molecule has 6 amide bonds. The number of nitrogens with zero attached hydrogens (tertiary/aromatic N) is 7. The molecule has 8 N–H and O–H groups in total. The fourth-order valence-corrected chi connectivity index (χ4v) is 11.4. The molecule has 0 aliphatic carbocycles. The van der Waals surface area contributed by atoms with Crippen LogP contribution in [-0.4, -0.2) is 212 Å². The van der Waals surface area contributed by atoms with Crippen LogP contribution in [0.15, 0.2) is 48.1 Å². The van der Waals surface area contributed by atoms with Gasteiger partial charge in [-0.25, -0.2) is 14.5 Å². The van der Waals surface area contributed by atoms with Crippen LogP contribution in [0.3, 0.4) is 0 Å². The number of amides is 6. The van der Waals surface area contributed by atoms with Crippen LogP contribution in [0.4, 0.5) is 4.79 Å². The van der Waals surface area contributed by atoms with Gasteiger partial charge in [0.05, 0.1) is 67.1 Å². The molecule has 472 valence electrons. The van der Waals surface area contributed by atoms with Crippen molar-refractivity contribution in [1.82, 2.24) is 56.1 Å². The van der Waals surface area contributed by atoms with E-state index in [4.69, 9.17) is 19.0 Å². The number of thiazole rings is 1. The summed E-state index contributed by atoms with van der Waals surface area (Å²) in [5, 5.41) is 63.6. The first-order valence-electron chi connectivity index (χ1n) is 29.0. The van der Waals surface area contributed by atoms with Gasteiger partial charge in [0.15, 0.2) is 6.61 Å². The lowest BCUT2D eigenvalue weighted by Gasteiger charge is -2.41. The molecule has 1 aliphatic heterocycles. The first kappa shape index (κ1) is 70.8. The van der Waals surface area contributed by atoms with Gasteiger partial charge in [-0.1, -0.05) is 90.4 Å². The fraction of sp³-hybridized carbons (Fsp3) is 0.707. The second-order valence-corrected chi connectivity index (χ2v) is 24.5. The van der Waals surface area contributed by atoms with Crippen molar-refractivity contribution in [2.24, 2.45) is 23.7 Å². The van der Waals surface area contributed by atoms with Gasteiger partial charge in [0, 0.05) is 65.1 Å². The third kappa shape index (κ3) is 21.1. The number of hydrogen-bond acceptors (Lipinski definition) is 19. The minimum Gasteiger partial charge on any atom is -0.442 e. The van der Waals surface area contributed by atoms with Crippen molar-refractivity contribution in [2.45, 2.75) is 187 Å². The van der Waals surface area contributed by atoms with Gasteiger partial charge >= 0.3 is 6.09 Å². The highest BCUT2D eigenvalue weighted by Crippen LogP contribution is 2.31. The Morgan fingerprint density at radius 1 is 0.893 bits per heavy atom. The molecule has 3 heterocycles. The summed E-state index contributed by atoms with van der Waals surface area (Å²) >= 11 is 1.47. The van der Waals surface area contributed by atoms with E-state index in [2.05, 4.69) is 31.2 Å². The molecule has 4 rings (SSSR count). The number of ether oxygens (including phenoxy) is 3. The molecule has 0 saturated carbocycles. The summed E-state index contributed by atoms with van der Waals surface area (Å²) in [5.41, 5.74) is 2.75. The number of hydrogen-bond donors (Lipinski definition) is 8. The molecule has 13 unspecified atom stereocenters. The zero-order valence-electron chi connectivity index (χ0n) is 51.5. The summed E-state index contributed by atoms with van der Waals surface area (Å²) in [5.74, 6) is -3.44. The Morgan fingerprint density at radius 2 is 1.57 bits per heavy atom. The number of aromatic nitrogens is 4. The lowest BCUT2D eigenvalue weighted by atomic mass is 9.89. The van der Waals surface area contributed by atoms with Gasteiger partial charge < -0.3 is 60.4 Å². The smallest absolute Gasteiger partial charge is 0.431 e. The molecule has 0 spiro atoms. The molecule has 13 atom stereocenters. The lowest BCUT2D eigenvalue weighted by Crippen LogP contribution is -2.60. The SMILES string of the molecule is CCC(C)C(C(CC(=O)N1CCCC1C(OC)C(C)C(=O)NC(Cc1ccccc1)c1nccs1)OC)N(C)C(=O)C(NC(=O)C(C(C)C)N(C)CC(O)C(O)C(O)C(O)Cn1cc(CCNC(=O)CONC(=O)OC(C)(C)C)nn1)C(C)C. The highest BCUT2D eigenvalue weighted by atomic mass is 32.1. The molecule has 3 aromatic rings. The van der Waals surface area contributed by atoms with Gasteiger partial charge in [0.2, 0.25) is 29.5 Å². The maximum atomic E-state index is 14.8. The van der Waals surface area contributed by atoms with E-state index in [1.54, 1.807) is 71.8 Å². The van der Waals surface area contributed by atoms with E-state index < -0.39 is 109 Å². The number of aliphatic hydroxyl groups is 4. The molecule has 0 bridgehead atoms. The van der Waals surface area contributed by atoms with E-state index in [0.29, 0.717) is 37.9 Å². The van der Waals surface area contributed by atoms with E-state index >= 15 is 0 Å². The number of nitrogens with one attached hydrogen (secondary N) is 4. The molecule has 84 heavy (non-hydrogen) atoms. The van der Waals surface area contributed by atoms with Crippen molar-refractivity contribution < 1.29 is 68.2 Å². The van der Waals surface area contributed by atoms with E-state index in [1.807, 2.05) is 75.8 Å². The van der Waals surface area contributed by atoms with Crippen LogP contribution in [0.2, 0.25) is 0 Å². The summed E-state index contributed by atoms with van der Waals surface area (Å²) in [7, 11) is 6.28. The van der Waals surface area contributed by atoms with Crippen LogP contribution in [-0.2, 0) is 62.4 Å². The zero-order valence-corrected chi connectivity index (χ0v) is 52.3. The molecular formula is C58H95N11O14S. The summed E-state index contributed by atoms with van der Waals surface area (Å²) in [4.78, 5) is 95.8. The molecule has 1 fully saturated rings. The highest BCUT2D eigenvalue weighted by molar-refractivity contribution is 7.09. The standard InChI is InChI=1S/C58H95N11O14S/c1-15-36(6)49(44(80-13)29-46(73)69-26-19-22-41(69)52(81-14)37(7)53(76)61-40(55-60-25-27-84-55)28-38-20-17-16-18-21-38)67(12)56(78)47(34(2)3)62-54(77)48(35(4)5)66(11)31-42(70)50(74)51(75)43(71)32-68-30-39(63-65-68)23-24-59-45(72)33-82-64-57(79)83-58(8,9)10/h16-18,20-21,25,27,30,34-37,40-44,47-52,70-71,74-75H,15,19,22-24,26,28-29,31-33H2,1-14H3,(H,59,72)(H,61,76)(H,62,77)(H,64,79). The van der Waals surface area contributed by atoms with Crippen molar-refractivity contribution in [3.63, 3.8) is 0 Å². The number of carbonyl (C=O) groups is 6. The van der Waals surface area contributed by atoms with Crippen molar-refractivity contribution in [3.8, 4) is 0 Å².